The number of rotatable bonds is 9. The molecule has 0 spiro atoms. The third-order valence-corrected chi connectivity index (χ3v) is 6.05. The summed E-state index contributed by atoms with van der Waals surface area (Å²) in [4.78, 5) is 0. The van der Waals surface area contributed by atoms with Crippen LogP contribution in [0.15, 0.2) is 71.4 Å². The number of hydrogen-bond donors (Lipinski definition) is 0. The lowest BCUT2D eigenvalue weighted by Crippen LogP contribution is -2.46. The lowest BCUT2D eigenvalue weighted by Gasteiger charge is -2.44. The molecule has 0 N–H and O–H groups in total. The Bertz CT molecular complexity index is 885. The third kappa shape index (κ3) is 5.80. The van der Waals surface area contributed by atoms with Crippen LogP contribution in [0.25, 0.3) is 6.08 Å². The van der Waals surface area contributed by atoms with Crippen molar-refractivity contribution in [3.05, 3.63) is 82.6 Å². The van der Waals surface area contributed by atoms with E-state index in [2.05, 4.69) is 91.5 Å². The van der Waals surface area contributed by atoms with Gasteiger partial charge in [0.25, 0.3) is 0 Å². The van der Waals surface area contributed by atoms with Gasteiger partial charge in [-0.15, -0.1) is 0 Å². The molecule has 0 atom stereocenters. The number of hydrazine groups is 1. The number of methoxy groups -OCH3 is 1. The second kappa shape index (κ2) is 11.8. The molecule has 1 heterocycles. The second-order valence-electron chi connectivity index (χ2n) is 8.28. The summed E-state index contributed by atoms with van der Waals surface area (Å²) in [5.41, 5.74) is 8.26. The van der Waals surface area contributed by atoms with E-state index in [4.69, 9.17) is 4.74 Å². The average molecular weight is 419 g/mol. The highest BCUT2D eigenvalue weighted by Gasteiger charge is 2.26. The topological polar surface area (TPSA) is 15.7 Å². The van der Waals surface area contributed by atoms with Gasteiger partial charge in [0.2, 0.25) is 0 Å². The fourth-order valence-electron chi connectivity index (χ4n) is 4.36. The van der Waals surface area contributed by atoms with Gasteiger partial charge in [0.1, 0.15) is 0 Å². The fraction of sp³-hybridized carbons (Fsp3) is 0.429. The molecule has 1 fully saturated rings. The normalized spacial score (nSPS) is 17.2. The number of ether oxygens (including phenoxy) is 1. The Morgan fingerprint density at radius 1 is 1.06 bits per heavy atom. The Labute approximate surface area is 189 Å². The van der Waals surface area contributed by atoms with E-state index in [0.717, 1.165) is 45.4 Å². The molecular weight excluding hydrogens is 380 g/mol. The standard InChI is InChI=1S/C28H38N2O/c1-5-19-29(27-16-8-7-9-17-27)30-20-12-15-26(28(30)23(3)6-2)22-25-14-11-10-13-24(25)18-21-31-4/h7-11,13-14,16-17,22H,5-6,12,15,18-21H2,1-4H3/b26-22+,28-23?. The van der Waals surface area contributed by atoms with Crippen LogP contribution in [-0.4, -0.2) is 31.8 Å². The van der Waals surface area contributed by atoms with Crippen molar-refractivity contribution in [1.29, 1.82) is 0 Å². The molecule has 1 saturated heterocycles. The molecule has 3 nitrogen and oxygen atoms in total. The van der Waals surface area contributed by atoms with E-state index in [0.29, 0.717) is 0 Å². The van der Waals surface area contributed by atoms with Crippen molar-refractivity contribution >= 4 is 11.8 Å². The van der Waals surface area contributed by atoms with E-state index in [1.807, 2.05) is 0 Å². The van der Waals surface area contributed by atoms with Crippen LogP contribution < -0.4 is 5.01 Å². The molecule has 2 aromatic rings. The fourth-order valence-corrected chi connectivity index (χ4v) is 4.36. The number of benzene rings is 2. The molecule has 2 aromatic carbocycles. The summed E-state index contributed by atoms with van der Waals surface area (Å²) in [5.74, 6) is 0. The van der Waals surface area contributed by atoms with Crippen LogP contribution in [0.5, 0.6) is 0 Å². The first kappa shape index (κ1) is 23.1. The molecule has 1 aliphatic heterocycles. The Balaban J connectivity index is 2.04. The van der Waals surface area contributed by atoms with Crippen molar-refractivity contribution in [2.24, 2.45) is 0 Å². The van der Waals surface area contributed by atoms with Gasteiger partial charge in [-0.3, -0.25) is 10.0 Å². The highest BCUT2D eigenvalue weighted by atomic mass is 16.5. The van der Waals surface area contributed by atoms with Gasteiger partial charge in [0.15, 0.2) is 0 Å². The maximum absolute atomic E-state index is 5.35. The number of anilines is 1. The molecular formula is C28H38N2O. The Hall–Kier alpha value is -2.52. The summed E-state index contributed by atoms with van der Waals surface area (Å²) >= 11 is 0. The van der Waals surface area contributed by atoms with E-state index in [-0.39, 0.29) is 0 Å². The minimum absolute atomic E-state index is 0.751. The summed E-state index contributed by atoms with van der Waals surface area (Å²) in [6.45, 7) is 9.66. The quantitative estimate of drug-likeness (QED) is 0.442. The number of piperidine rings is 1. The summed E-state index contributed by atoms with van der Waals surface area (Å²) in [6.07, 6.45) is 7.83. The van der Waals surface area contributed by atoms with E-state index in [1.165, 1.54) is 40.1 Å². The number of allylic oxidation sites excluding steroid dienone is 2. The van der Waals surface area contributed by atoms with Crippen molar-refractivity contribution in [3.8, 4) is 0 Å². The zero-order chi connectivity index (χ0) is 22.1. The summed E-state index contributed by atoms with van der Waals surface area (Å²) in [5, 5.41) is 5.03. The molecule has 0 saturated carbocycles. The molecule has 0 aromatic heterocycles. The number of hydrogen-bond acceptors (Lipinski definition) is 3. The Kier molecular flexibility index (Phi) is 8.78. The average Bonchev–Trinajstić information content (AvgIpc) is 2.82. The SMILES string of the molecule is CCCN(c1ccccc1)N1CCC/C(=C\c2ccccc2CCOC)C1=C(C)CC. The lowest BCUT2D eigenvalue weighted by atomic mass is 9.93. The molecule has 0 aliphatic carbocycles. The first-order chi connectivity index (χ1) is 15.2. The maximum Gasteiger partial charge on any atom is 0.0595 e. The highest BCUT2D eigenvalue weighted by molar-refractivity contribution is 5.63. The summed E-state index contributed by atoms with van der Waals surface area (Å²) in [6, 6.07) is 19.6. The first-order valence-electron chi connectivity index (χ1n) is 11.8. The lowest BCUT2D eigenvalue weighted by molar-refractivity contribution is 0.202. The second-order valence-corrected chi connectivity index (χ2v) is 8.28. The smallest absolute Gasteiger partial charge is 0.0595 e. The van der Waals surface area contributed by atoms with Gasteiger partial charge in [-0.05, 0) is 79.5 Å². The van der Waals surface area contributed by atoms with Gasteiger partial charge in [-0.25, -0.2) is 0 Å². The van der Waals surface area contributed by atoms with Gasteiger partial charge in [-0.2, -0.15) is 0 Å². The molecule has 166 valence electrons. The summed E-state index contributed by atoms with van der Waals surface area (Å²) in [7, 11) is 1.78. The summed E-state index contributed by atoms with van der Waals surface area (Å²) < 4.78 is 5.35. The Morgan fingerprint density at radius 2 is 1.81 bits per heavy atom. The van der Waals surface area contributed by atoms with Crippen LogP contribution in [0.4, 0.5) is 5.69 Å². The largest absolute Gasteiger partial charge is 0.384 e. The molecule has 1 aliphatic rings. The van der Waals surface area contributed by atoms with Gasteiger partial charge in [0, 0.05) is 20.2 Å². The van der Waals surface area contributed by atoms with Crippen LogP contribution in [-0.2, 0) is 11.2 Å². The van der Waals surface area contributed by atoms with Crippen molar-refractivity contribution in [2.45, 2.75) is 52.9 Å². The van der Waals surface area contributed by atoms with Crippen LogP contribution in [0.1, 0.15) is 57.6 Å². The third-order valence-electron chi connectivity index (χ3n) is 6.05. The van der Waals surface area contributed by atoms with Crippen LogP contribution in [0, 0.1) is 0 Å². The predicted octanol–water partition coefficient (Wildman–Crippen LogP) is 6.87. The van der Waals surface area contributed by atoms with Crippen molar-refractivity contribution in [2.75, 3.05) is 31.8 Å². The van der Waals surface area contributed by atoms with Crippen molar-refractivity contribution < 1.29 is 4.74 Å². The zero-order valence-electron chi connectivity index (χ0n) is 19.7. The van der Waals surface area contributed by atoms with Crippen LogP contribution in [0.3, 0.4) is 0 Å². The minimum Gasteiger partial charge on any atom is -0.384 e. The van der Waals surface area contributed by atoms with Crippen molar-refractivity contribution in [1.82, 2.24) is 5.01 Å². The number of nitrogens with zero attached hydrogens (tertiary/aromatic N) is 2. The molecule has 3 rings (SSSR count). The van der Waals surface area contributed by atoms with Gasteiger partial charge < -0.3 is 4.74 Å². The predicted molar refractivity (Wildman–Crippen MR) is 133 cm³/mol. The van der Waals surface area contributed by atoms with Gasteiger partial charge >= 0.3 is 0 Å². The highest BCUT2D eigenvalue weighted by Crippen LogP contribution is 2.35. The van der Waals surface area contributed by atoms with Crippen LogP contribution in [0.2, 0.25) is 0 Å². The van der Waals surface area contributed by atoms with E-state index < -0.39 is 0 Å². The van der Waals surface area contributed by atoms with Gasteiger partial charge in [0.05, 0.1) is 18.0 Å². The van der Waals surface area contributed by atoms with Crippen LogP contribution >= 0.6 is 0 Å². The maximum atomic E-state index is 5.35. The monoisotopic (exact) mass is 418 g/mol. The van der Waals surface area contributed by atoms with E-state index in [1.54, 1.807) is 7.11 Å². The van der Waals surface area contributed by atoms with E-state index in [9.17, 15) is 0 Å². The molecule has 0 unspecified atom stereocenters. The minimum atomic E-state index is 0.751. The van der Waals surface area contributed by atoms with Gasteiger partial charge in [-0.1, -0.05) is 56.3 Å². The molecule has 0 bridgehead atoms. The number of para-hydroxylation sites is 1. The molecule has 0 radical (unpaired) electrons. The molecule has 0 amide bonds. The Morgan fingerprint density at radius 3 is 2.52 bits per heavy atom. The van der Waals surface area contributed by atoms with Crippen molar-refractivity contribution in [3.63, 3.8) is 0 Å². The molecule has 31 heavy (non-hydrogen) atoms. The first-order valence-corrected chi connectivity index (χ1v) is 11.8. The molecule has 3 heteroatoms. The van der Waals surface area contributed by atoms with E-state index >= 15 is 0 Å². The zero-order valence-corrected chi connectivity index (χ0v) is 19.7.